The lowest BCUT2D eigenvalue weighted by Crippen LogP contribution is -2.13. The molecule has 0 unspecified atom stereocenters. The Bertz CT molecular complexity index is 499. The Morgan fingerprint density at radius 2 is 2.28 bits per heavy atom. The molecule has 0 radical (unpaired) electrons. The molecule has 0 saturated carbocycles. The third-order valence-corrected chi connectivity index (χ3v) is 3.64. The van der Waals surface area contributed by atoms with Gasteiger partial charge in [-0.05, 0) is 49.6 Å². The fourth-order valence-electron chi connectivity index (χ4n) is 1.87. The van der Waals surface area contributed by atoms with Crippen LogP contribution in [0.25, 0.3) is 0 Å². The predicted octanol–water partition coefficient (Wildman–Crippen LogP) is 3.07. The van der Waals surface area contributed by atoms with Gasteiger partial charge in [0.2, 0.25) is 0 Å². The SMILES string of the molecule is Cc1nn(C(C)C)c(NCCc2ccsc2)c1N. The number of thiophene rings is 1. The molecular weight excluding hydrogens is 244 g/mol. The van der Waals surface area contributed by atoms with Gasteiger partial charge in [0.1, 0.15) is 5.82 Å². The van der Waals surface area contributed by atoms with Crippen molar-refractivity contribution in [2.45, 2.75) is 33.2 Å². The van der Waals surface area contributed by atoms with Crippen LogP contribution >= 0.6 is 11.3 Å². The number of anilines is 2. The van der Waals surface area contributed by atoms with E-state index >= 15 is 0 Å². The topological polar surface area (TPSA) is 55.9 Å². The number of hydrogen-bond donors (Lipinski definition) is 2. The van der Waals surface area contributed by atoms with Crippen molar-refractivity contribution in [2.75, 3.05) is 17.6 Å². The van der Waals surface area contributed by atoms with Crippen LogP contribution in [0.1, 0.15) is 31.1 Å². The minimum absolute atomic E-state index is 0.310. The molecule has 2 aromatic rings. The molecule has 2 heterocycles. The summed E-state index contributed by atoms with van der Waals surface area (Å²) in [5.41, 5.74) is 9.07. The fourth-order valence-corrected chi connectivity index (χ4v) is 2.57. The van der Waals surface area contributed by atoms with Crippen molar-refractivity contribution < 1.29 is 0 Å². The first kappa shape index (κ1) is 13.0. The van der Waals surface area contributed by atoms with Crippen molar-refractivity contribution in [3.8, 4) is 0 Å². The molecule has 2 aromatic heterocycles. The third-order valence-electron chi connectivity index (χ3n) is 2.91. The second-order valence-corrected chi connectivity index (χ2v) is 5.47. The smallest absolute Gasteiger partial charge is 0.148 e. The summed E-state index contributed by atoms with van der Waals surface area (Å²) in [5, 5.41) is 12.1. The number of aryl methyl sites for hydroxylation is 1. The van der Waals surface area contributed by atoms with Gasteiger partial charge >= 0.3 is 0 Å². The second kappa shape index (κ2) is 5.44. The van der Waals surface area contributed by atoms with Gasteiger partial charge < -0.3 is 11.1 Å². The van der Waals surface area contributed by atoms with Crippen LogP contribution in [0.4, 0.5) is 11.5 Å². The lowest BCUT2D eigenvalue weighted by molar-refractivity contribution is 0.534. The first-order valence-electron chi connectivity index (χ1n) is 6.19. The molecule has 0 fully saturated rings. The molecule has 4 nitrogen and oxygen atoms in total. The van der Waals surface area contributed by atoms with Crippen LogP contribution in [-0.2, 0) is 6.42 Å². The van der Waals surface area contributed by atoms with Gasteiger partial charge in [-0.25, -0.2) is 4.68 Å². The van der Waals surface area contributed by atoms with Gasteiger partial charge in [-0.1, -0.05) is 0 Å². The van der Waals surface area contributed by atoms with Gasteiger partial charge in [0.25, 0.3) is 0 Å². The summed E-state index contributed by atoms with van der Waals surface area (Å²) < 4.78 is 1.96. The second-order valence-electron chi connectivity index (χ2n) is 4.69. The Kier molecular flexibility index (Phi) is 3.91. The molecule has 0 aliphatic heterocycles. The van der Waals surface area contributed by atoms with Crippen LogP contribution in [0, 0.1) is 6.92 Å². The van der Waals surface area contributed by atoms with Gasteiger partial charge in [0, 0.05) is 12.6 Å². The zero-order valence-electron chi connectivity index (χ0n) is 11.1. The highest BCUT2D eigenvalue weighted by molar-refractivity contribution is 7.07. The quantitative estimate of drug-likeness (QED) is 0.872. The molecule has 0 aliphatic carbocycles. The Labute approximate surface area is 112 Å². The van der Waals surface area contributed by atoms with Crippen LogP contribution in [0.2, 0.25) is 0 Å². The molecule has 0 bridgehead atoms. The highest BCUT2D eigenvalue weighted by Gasteiger charge is 2.13. The Morgan fingerprint density at radius 3 is 2.89 bits per heavy atom. The molecule has 0 saturated heterocycles. The lowest BCUT2D eigenvalue weighted by Gasteiger charge is -2.13. The van der Waals surface area contributed by atoms with E-state index in [-0.39, 0.29) is 0 Å². The number of nitrogens with zero attached hydrogens (tertiary/aromatic N) is 2. The van der Waals surface area contributed by atoms with Crippen molar-refractivity contribution in [3.63, 3.8) is 0 Å². The summed E-state index contributed by atoms with van der Waals surface area (Å²) in [6.07, 6.45) is 1.01. The highest BCUT2D eigenvalue weighted by atomic mass is 32.1. The molecule has 2 rings (SSSR count). The van der Waals surface area contributed by atoms with E-state index in [0.29, 0.717) is 6.04 Å². The Balaban J connectivity index is 2.04. The van der Waals surface area contributed by atoms with Crippen LogP contribution in [0.15, 0.2) is 16.8 Å². The number of nitrogen functional groups attached to an aromatic ring is 1. The summed E-state index contributed by atoms with van der Waals surface area (Å²) in [4.78, 5) is 0. The fraction of sp³-hybridized carbons (Fsp3) is 0.462. The van der Waals surface area contributed by atoms with Gasteiger partial charge in [-0.3, -0.25) is 0 Å². The molecule has 0 aliphatic rings. The van der Waals surface area contributed by atoms with Crippen LogP contribution < -0.4 is 11.1 Å². The van der Waals surface area contributed by atoms with Gasteiger partial charge in [0.05, 0.1) is 11.4 Å². The van der Waals surface area contributed by atoms with E-state index in [9.17, 15) is 0 Å². The Morgan fingerprint density at radius 1 is 1.50 bits per heavy atom. The monoisotopic (exact) mass is 264 g/mol. The number of hydrogen-bond acceptors (Lipinski definition) is 4. The molecule has 0 aromatic carbocycles. The summed E-state index contributed by atoms with van der Waals surface area (Å²) in [6.45, 7) is 7.03. The minimum atomic E-state index is 0.310. The third kappa shape index (κ3) is 2.67. The van der Waals surface area contributed by atoms with E-state index in [2.05, 4.69) is 41.1 Å². The molecule has 3 N–H and O–H groups in total. The maximum absolute atomic E-state index is 6.06. The van der Waals surface area contributed by atoms with Crippen molar-refractivity contribution in [2.24, 2.45) is 0 Å². The molecule has 18 heavy (non-hydrogen) atoms. The molecule has 0 amide bonds. The van der Waals surface area contributed by atoms with E-state index < -0.39 is 0 Å². The van der Waals surface area contributed by atoms with E-state index in [1.54, 1.807) is 11.3 Å². The minimum Gasteiger partial charge on any atom is -0.394 e. The van der Waals surface area contributed by atoms with E-state index in [4.69, 9.17) is 5.73 Å². The van der Waals surface area contributed by atoms with Gasteiger partial charge in [-0.2, -0.15) is 16.4 Å². The normalized spacial score (nSPS) is 11.1. The summed E-state index contributed by atoms with van der Waals surface area (Å²) >= 11 is 1.73. The van der Waals surface area contributed by atoms with E-state index in [1.165, 1.54) is 5.56 Å². The van der Waals surface area contributed by atoms with Crippen molar-refractivity contribution in [1.29, 1.82) is 0 Å². The molecule has 5 heteroatoms. The van der Waals surface area contributed by atoms with Crippen molar-refractivity contribution in [3.05, 3.63) is 28.1 Å². The van der Waals surface area contributed by atoms with Crippen molar-refractivity contribution >= 4 is 22.8 Å². The number of rotatable bonds is 5. The first-order valence-corrected chi connectivity index (χ1v) is 7.13. The molecular formula is C13H20N4S. The average molecular weight is 264 g/mol. The van der Waals surface area contributed by atoms with Gasteiger partial charge in [-0.15, -0.1) is 0 Å². The number of nitrogens with two attached hydrogens (primary N) is 1. The predicted molar refractivity (Wildman–Crippen MR) is 78.3 cm³/mol. The summed E-state index contributed by atoms with van der Waals surface area (Å²) in [6, 6.07) is 2.46. The zero-order chi connectivity index (χ0) is 13.1. The van der Waals surface area contributed by atoms with Crippen LogP contribution in [0.5, 0.6) is 0 Å². The van der Waals surface area contributed by atoms with E-state index in [1.807, 2.05) is 11.6 Å². The average Bonchev–Trinajstić information content (AvgIpc) is 2.92. The number of nitrogens with one attached hydrogen (secondary N) is 1. The maximum Gasteiger partial charge on any atom is 0.148 e. The number of aromatic nitrogens is 2. The molecule has 0 atom stereocenters. The van der Waals surface area contributed by atoms with Crippen molar-refractivity contribution in [1.82, 2.24) is 9.78 Å². The highest BCUT2D eigenvalue weighted by Crippen LogP contribution is 2.25. The summed E-state index contributed by atoms with van der Waals surface area (Å²) in [7, 11) is 0. The molecule has 0 spiro atoms. The summed E-state index contributed by atoms with van der Waals surface area (Å²) in [5.74, 6) is 0.942. The van der Waals surface area contributed by atoms with E-state index in [0.717, 1.165) is 30.2 Å². The maximum atomic E-state index is 6.06. The van der Waals surface area contributed by atoms with Gasteiger partial charge in [0.15, 0.2) is 0 Å². The largest absolute Gasteiger partial charge is 0.394 e. The molecule has 98 valence electrons. The first-order chi connectivity index (χ1) is 8.59. The van der Waals surface area contributed by atoms with Crippen LogP contribution in [0.3, 0.4) is 0 Å². The Hall–Kier alpha value is -1.49. The zero-order valence-corrected chi connectivity index (χ0v) is 11.9. The standard InChI is InChI=1S/C13H20N4S/c1-9(2)17-13(12(14)10(3)16-17)15-6-4-11-5-7-18-8-11/h5,7-9,15H,4,6,14H2,1-3H3. The van der Waals surface area contributed by atoms with Crippen LogP contribution in [-0.4, -0.2) is 16.3 Å². The lowest BCUT2D eigenvalue weighted by atomic mass is 10.2.